The van der Waals surface area contributed by atoms with Gasteiger partial charge >= 0.3 is 0 Å². The quantitative estimate of drug-likeness (QED) is 0.325. The smallest absolute Gasteiger partial charge is 0.142 e. The zero-order valence-electron chi connectivity index (χ0n) is 8.45. The highest BCUT2D eigenvalue weighted by atomic mass is 16.5. The van der Waals surface area contributed by atoms with Crippen LogP contribution in [0.1, 0.15) is 12.5 Å². The summed E-state index contributed by atoms with van der Waals surface area (Å²) in [6.45, 7) is 2.66. The van der Waals surface area contributed by atoms with Crippen LogP contribution >= 0.6 is 0 Å². The topological polar surface area (TPSA) is 59.6 Å². The number of nitrogens with one attached hydrogen (secondary N) is 1. The van der Waals surface area contributed by atoms with Crippen LogP contribution in [0.25, 0.3) is 0 Å². The fourth-order valence-electron chi connectivity index (χ4n) is 1.13. The highest BCUT2D eigenvalue weighted by Gasteiger charge is 2.00. The molecule has 0 atom stereocenters. The van der Waals surface area contributed by atoms with Crippen LogP contribution < -0.4 is 16.0 Å². The number of hydrogen-bond acceptors (Lipinski definition) is 3. The summed E-state index contributed by atoms with van der Waals surface area (Å²) in [6.07, 6.45) is 0. The van der Waals surface area contributed by atoms with Crippen molar-refractivity contribution in [3.8, 4) is 5.75 Å². The first kappa shape index (κ1) is 10.5. The Morgan fingerprint density at radius 2 is 2.07 bits per heavy atom. The number of ether oxygens (including phenoxy) is 1. The Balaban J connectivity index is 2.89. The summed E-state index contributed by atoms with van der Waals surface area (Å²) < 4.78 is 5.05. The SMILES string of the molecule is CCN=C(NN)c1ccc(OC)cc1. The van der Waals surface area contributed by atoms with E-state index < -0.39 is 0 Å². The number of methoxy groups -OCH3 is 1. The van der Waals surface area contributed by atoms with E-state index in [4.69, 9.17) is 10.6 Å². The van der Waals surface area contributed by atoms with Gasteiger partial charge in [0.15, 0.2) is 0 Å². The van der Waals surface area contributed by atoms with Gasteiger partial charge in [0.25, 0.3) is 0 Å². The molecule has 14 heavy (non-hydrogen) atoms. The first-order valence-electron chi connectivity index (χ1n) is 4.47. The van der Waals surface area contributed by atoms with Crippen molar-refractivity contribution in [2.75, 3.05) is 13.7 Å². The monoisotopic (exact) mass is 193 g/mol. The van der Waals surface area contributed by atoms with Crippen molar-refractivity contribution in [3.63, 3.8) is 0 Å². The van der Waals surface area contributed by atoms with Gasteiger partial charge in [0.1, 0.15) is 11.6 Å². The van der Waals surface area contributed by atoms with Gasteiger partial charge in [-0.05, 0) is 31.2 Å². The fraction of sp³-hybridized carbons (Fsp3) is 0.300. The zero-order valence-corrected chi connectivity index (χ0v) is 8.45. The number of nitrogens with zero attached hydrogens (tertiary/aromatic N) is 1. The molecule has 4 nitrogen and oxygen atoms in total. The van der Waals surface area contributed by atoms with Crippen molar-refractivity contribution in [1.82, 2.24) is 5.43 Å². The summed E-state index contributed by atoms with van der Waals surface area (Å²) in [5.74, 6) is 6.86. The molecule has 0 aliphatic rings. The molecule has 0 aromatic heterocycles. The van der Waals surface area contributed by atoms with Gasteiger partial charge in [-0.1, -0.05) is 0 Å². The van der Waals surface area contributed by atoms with Crippen molar-refractivity contribution in [2.45, 2.75) is 6.92 Å². The van der Waals surface area contributed by atoms with E-state index in [1.165, 1.54) is 0 Å². The second-order valence-corrected chi connectivity index (χ2v) is 2.70. The van der Waals surface area contributed by atoms with E-state index in [0.29, 0.717) is 12.4 Å². The molecule has 0 saturated heterocycles. The van der Waals surface area contributed by atoms with Gasteiger partial charge in [-0.15, -0.1) is 0 Å². The van der Waals surface area contributed by atoms with Gasteiger partial charge in [-0.25, -0.2) is 5.84 Å². The third-order valence-corrected chi connectivity index (χ3v) is 1.82. The van der Waals surface area contributed by atoms with E-state index in [1.54, 1.807) is 7.11 Å². The first-order valence-corrected chi connectivity index (χ1v) is 4.47. The Kier molecular flexibility index (Phi) is 3.94. The van der Waals surface area contributed by atoms with Gasteiger partial charge < -0.3 is 10.2 Å². The molecule has 1 aromatic rings. The minimum absolute atomic E-state index is 0.690. The van der Waals surface area contributed by atoms with Crippen LogP contribution in [0.4, 0.5) is 0 Å². The Bertz CT molecular complexity index is 306. The Labute approximate surface area is 83.8 Å². The molecule has 0 fully saturated rings. The van der Waals surface area contributed by atoms with Crippen molar-refractivity contribution < 1.29 is 4.74 Å². The number of rotatable bonds is 3. The van der Waals surface area contributed by atoms with Crippen LogP contribution in [0, 0.1) is 0 Å². The molecule has 1 rings (SSSR count). The van der Waals surface area contributed by atoms with Crippen LogP contribution in [0.2, 0.25) is 0 Å². The van der Waals surface area contributed by atoms with Crippen molar-refractivity contribution in [3.05, 3.63) is 29.8 Å². The molecule has 0 unspecified atom stereocenters. The Morgan fingerprint density at radius 3 is 2.50 bits per heavy atom. The highest BCUT2D eigenvalue weighted by molar-refractivity contribution is 5.98. The Morgan fingerprint density at radius 1 is 1.43 bits per heavy atom. The zero-order chi connectivity index (χ0) is 10.4. The summed E-state index contributed by atoms with van der Waals surface area (Å²) >= 11 is 0. The summed E-state index contributed by atoms with van der Waals surface area (Å²) in [5, 5.41) is 0. The molecule has 0 bridgehead atoms. The molecule has 0 spiro atoms. The summed E-state index contributed by atoms with van der Waals surface area (Å²) in [7, 11) is 1.64. The second-order valence-electron chi connectivity index (χ2n) is 2.70. The van der Waals surface area contributed by atoms with Crippen LogP contribution in [0.5, 0.6) is 5.75 Å². The molecule has 4 heteroatoms. The normalized spacial score (nSPS) is 11.2. The summed E-state index contributed by atoms with van der Waals surface area (Å²) in [5.41, 5.74) is 3.52. The molecule has 0 saturated carbocycles. The average molecular weight is 193 g/mol. The van der Waals surface area contributed by atoms with Gasteiger partial charge in [0, 0.05) is 12.1 Å². The first-order chi connectivity index (χ1) is 6.81. The van der Waals surface area contributed by atoms with E-state index in [9.17, 15) is 0 Å². The van der Waals surface area contributed by atoms with E-state index in [0.717, 1.165) is 11.3 Å². The van der Waals surface area contributed by atoms with E-state index in [2.05, 4.69) is 10.4 Å². The molecular formula is C10H15N3O. The summed E-state index contributed by atoms with van der Waals surface area (Å²) in [4.78, 5) is 4.21. The Hall–Kier alpha value is -1.55. The average Bonchev–Trinajstić information content (AvgIpc) is 2.26. The number of amidine groups is 1. The van der Waals surface area contributed by atoms with Crippen molar-refractivity contribution in [1.29, 1.82) is 0 Å². The lowest BCUT2D eigenvalue weighted by Gasteiger charge is -2.06. The van der Waals surface area contributed by atoms with Crippen molar-refractivity contribution >= 4 is 5.84 Å². The minimum Gasteiger partial charge on any atom is -0.497 e. The third kappa shape index (κ3) is 2.47. The molecule has 0 aliphatic carbocycles. The van der Waals surface area contributed by atoms with Gasteiger partial charge in [-0.2, -0.15) is 0 Å². The lowest BCUT2D eigenvalue weighted by atomic mass is 10.2. The predicted molar refractivity (Wildman–Crippen MR) is 57.4 cm³/mol. The maximum absolute atomic E-state index is 5.35. The van der Waals surface area contributed by atoms with E-state index in [-0.39, 0.29) is 0 Å². The van der Waals surface area contributed by atoms with E-state index >= 15 is 0 Å². The molecule has 0 heterocycles. The van der Waals surface area contributed by atoms with Crippen molar-refractivity contribution in [2.24, 2.45) is 10.8 Å². The number of aliphatic imine (C=N–C) groups is 1. The molecule has 0 amide bonds. The predicted octanol–water partition coefficient (Wildman–Crippen LogP) is 0.925. The lowest BCUT2D eigenvalue weighted by molar-refractivity contribution is 0.415. The molecule has 0 aliphatic heterocycles. The molecule has 76 valence electrons. The fourth-order valence-corrected chi connectivity index (χ4v) is 1.13. The maximum Gasteiger partial charge on any atom is 0.142 e. The minimum atomic E-state index is 0.690. The van der Waals surface area contributed by atoms with Gasteiger partial charge in [0.05, 0.1) is 7.11 Å². The number of benzene rings is 1. The van der Waals surface area contributed by atoms with E-state index in [1.807, 2.05) is 31.2 Å². The van der Waals surface area contributed by atoms with Crippen LogP contribution in [-0.4, -0.2) is 19.5 Å². The molecular weight excluding hydrogens is 178 g/mol. The van der Waals surface area contributed by atoms with Gasteiger partial charge in [-0.3, -0.25) is 4.99 Å². The van der Waals surface area contributed by atoms with Crippen LogP contribution in [-0.2, 0) is 0 Å². The number of nitrogens with two attached hydrogens (primary N) is 1. The summed E-state index contributed by atoms with van der Waals surface area (Å²) in [6, 6.07) is 7.57. The largest absolute Gasteiger partial charge is 0.497 e. The second kappa shape index (κ2) is 5.24. The molecule has 3 N–H and O–H groups in total. The number of hydrazine groups is 1. The molecule has 1 aromatic carbocycles. The lowest BCUT2D eigenvalue weighted by Crippen LogP contribution is -2.31. The third-order valence-electron chi connectivity index (χ3n) is 1.82. The maximum atomic E-state index is 5.35. The molecule has 0 radical (unpaired) electrons. The van der Waals surface area contributed by atoms with Crippen LogP contribution in [0.15, 0.2) is 29.3 Å². The highest BCUT2D eigenvalue weighted by Crippen LogP contribution is 2.11. The van der Waals surface area contributed by atoms with Gasteiger partial charge in [0.2, 0.25) is 0 Å². The van der Waals surface area contributed by atoms with Crippen LogP contribution in [0.3, 0.4) is 0 Å². The standard InChI is InChI=1S/C10H15N3O/c1-3-12-10(13-11)8-4-6-9(14-2)7-5-8/h4-7H,3,11H2,1-2H3,(H,12,13). The number of hydrogen-bond donors (Lipinski definition) is 2.